The number of hydrogen-bond donors (Lipinski definition) is 1. The van der Waals surface area contributed by atoms with E-state index in [9.17, 15) is 18.0 Å². The van der Waals surface area contributed by atoms with Gasteiger partial charge in [-0.1, -0.05) is 6.07 Å². The molecular weight excluding hydrogens is 311 g/mol. The van der Waals surface area contributed by atoms with Gasteiger partial charge < -0.3 is 10.2 Å². The molecule has 8 heteroatoms. The SMILES string of the molecule is NC(=O)[C@@H]1C[C@@H](F)CN1Cc1coc(-c2c(F)cccc2F)n1. The number of hydrogen-bond acceptors (Lipinski definition) is 4. The highest BCUT2D eigenvalue weighted by atomic mass is 19.1. The summed E-state index contributed by atoms with van der Waals surface area (Å²) < 4.78 is 46.0. The van der Waals surface area contributed by atoms with E-state index in [1.807, 2.05) is 0 Å². The lowest BCUT2D eigenvalue weighted by Gasteiger charge is -2.19. The minimum absolute atomic E-state index is 0.0297. The Morgan fingerprint density at radius 3 is 2.74 bits per heavy atom. The fraction of sp³-hybridized carbons (Fsp3) is 0.333. The van der Waals surface area contributed by atoms with Crippen LogP contribution in [0.4, 0.5) is 13.2 Å². The molecule has 0 bridgehead atoms. The van der Waals surface area contributed by atoms with Crippen LogP contribution < -0.4 is 5.73 Å². The molecule has 2 N–H and O–H groups in total. The van der Waals surface area contributed by atoms with Crippen molar-refractivity contribution in [3.8, 4) is 11.5 Å². The van der Waals surface area contributed by atoms with Crippen molar-refractivity contribution in [2.24, 2.45) is 5.73 Å². The van der Waals surface area contributed by atoms with Crippen molar-refractivity contribution in [3.63, 3.8) is 0 Å². The van der Waals surface area contributed by atoms with Crippen LogP contribution in [-0.4, -0.2) is 34.5 Å². The van der Waals surface area contributed by atoms with Crippen LogP contribution in [0.1, 0.15) is 12.1 Å². The van der Waals surface area contributed by atoms with Crippen LogP contribution in [0, 0.1) is 11.6 Å². The van der Waals surface area contributed by atoms with Gasteiger partial charge in [-0.05, 0) is 12.1 Å². The van der Waals surface area contributed by atoms with Crippen LogP contribution in [0.15, 0.2) is 28.9 Å². The first kappa shape index (κ1) is 15.5. The number of alkyl halides is 1. The van der Waals surface area contributed by atoms with Crippen molar-refractivity contribution in [2.75, 3.05) is 6.54 Å². The quantitative estimate of drug-likeness (QED) is 0.933. The highest BCUT2D eigenvalue weighted by Gasteiger charge is 2.36. The van der Waals surface area contributed by atoms with Crippen LogP contribution in [0.25, 0.3) is 11.5 Å². The molecule has 2 atom stereocenters. The maximum atomic E-state index is 13.7. The Labute approximate surface area is 129 Å². The molecule has 0 unspecified atom stereocenters. The van der Waals surface area contributed by atoms with Crippen molar-refractivity contribution in [3.05, 3.63) is 41.8 Å². The number of amides is 1. The maximum Gasteiger partial charge on any atom is 0.234 e. The molecule has 1 aromatic carbocycles. The van der Waals surface area contributed by atoms with E-state index in [-0.39, 0.29) is 31.0 Å². The minimum Gasteiger partial charge on any atom is -0.444 e. The van der Waals surface area contributed by atoms with Crippen LogP contribution in [-0.2, 0) is 11.3 Å². The lowest BCUT2D eigenvalue weighted by molar-refractivity contribution is -0.122. The first-order chi connectivity index (χ1) is 11.0. The summed E-state index contributed by atoms with van der Waals surface area (Å²) in [4.78, 5) is 16.9. The third-order valence-electron chi connectivity index (χ3n) is 3.77. The lowest BCUT2D eigenvalue weighted by Crippen LogP contribution is -2.39. The number of carbonyl (C=O) groups excluding carboxylic acids is 1. The van der Waals surface area contributed by atoms with Crippen molar-refractivity contribution >= 4 is 5.91 Å². The van der Waals surface area contributed by atoms with Gasteiger partial charge in [-0.15, -0.1) is 0 Å². The number of halogens is 3. The van der Waals surface area contributed by atoms with Gasteiger partial charge in [0.25, 0.3) is 0 Å². The van der Waals surface area contributed by atoms with Crippen LogP contribution in [0.3, 0.4) is 0 Å². The largest absolute Gasteiger partial charge is 0.444 e. The van der Waals surface area contributed by atoms with Gasteiger partial charge in [0.2, 0.25) is 11.8 Å². The van der Waals surface area contributed by atoms with Gasteiger partial charge >= 0.3 is 0 Å². The smallest absolute Gasteiger partial charge is 0.234 e. The third kappa shape index (κ3) is 3.07. The number of aromatic nitrogens is 1. The molecule has 0 radical (unpaired) electrons. The zero-order valence-corrected chi connectivity index (χ0v) is 12.0. The molecule has 2 aromatic rings. The summed E-state index contributed by atoms with van der Waals surface area (Å²) in [5, 5.41) is 0. The monoisotopic (exact) mass is 325 g/mol. The zero-order chi connectivity index (χ0) is 16.6. The number of nitrogens with zero attached hydrogens (tertiary/aromatic N) is 2. The number of oxazole rings is 1. The molecule has 1 aliphatic heterocycles. The molecule has 1 saturated heterocycles. The Morgan fingerprint density at radius 2 is 2.09 bits per heavy atom. The second kappa shape index (κ2) is 6.04. The van der Waals surface area contributed by atoms with Crippen LogP contribution >= 0.6 is 0 Å². The number of likely N-dealkylation sites (tertiary alicyclic amines) is 1. The molecule has 122 valence electrons. The van der Waals surface area contributed by atoms with E-state index in [1.54, 1.807) is 0 Å². The Bertz CT molecular complexity index is 714. The maximum absolute atomic E-state index is 13.7. The molecule has 0 spiro atoms. The Hall–Kier alpha value is -2.35. The summed E-state index contributed by atoms with van der Waals surface area (Å²) in [5.41, 5.74) is 5.22. The standard InChI is InChI=1S/C15H14F3N3O2/c16-8-4-12(14(19)22)21(5-8)6-9-7-23-15(20-9)13-10(17)2-1-3-11(13)18/h1-3,7-8,12H,4-6H2,(H2,19,22)/t8-,12+/m1/s1. The normalized spacial score (nSPS) is 21.7. The van der Waals surface area contributed by atoms with Gasteiger partial charge in [0.05, 0.1) is 11.7 Å². The molecular formula is C15H14F3N3O2. The third-order valence-corrected chi connectivity index (χ3v) is 3.77. The summed E-state index contributed by atoms with van der Waals surface area (Å²) in [5.74, 6) is -2.41. The topological polar surface area (TPSA) is 72.4 Å². The second-order valence-electron chi connectivity index (χ2n) is 5.42. The van der Waals surface area contributed by atoms with E-state index in [4.69, 9.17) is 10.2 Å². The van der Waals surface area contributed by atoms with Crippen molar-refractivity contribution in [2.45, 2.75) is 25.2 Å². The molecule has 1 aliphatic rings. The highest BCUT2D eigenvalue weighted by molar-refractivity contribution is 5.80. The summed E-state index contributed by atoms with van der Waals surface area (Å²) in [6, 6.07) is 2.70. The molecule has 0 aliphatic carbocycles. The van der Waals surface area contributed by atoms with E-state index in [2.05, 4.69) is 4.98 Å². The van der Waals surface area contributed by atoms with Gasteiger partial charge in [-0.2, -0.15) is 0 Å². The van der Waals surface area contributed by atoms with E-state index in [0.717, 1.165) is 12.1 Å². The highest BCUT2D eigenvalue weighted by Crippen LogP contribution is 2.27. The predicted molar refractivity (Wildman–Crippen MR) is 74.8 cm³/mol. The van der Waals surface area contributed by atoms with Crippen LogP contribution in [0.2, 0.25) is 0 Å². The number of benzene rings is 1. The van der Waals surface area contributed by atoms with Gasteiger partial charge in [0.1, 0.15) is 29.6 Å². The molecule has 5 nitrogen and oxygen atoms in total. The molecule has 0 saturated carbocycles. The predicted octanol–water partition coefficient (Wildman–Crippen LogP) is 2.02. The molecule has 23 heavy (non-hydrogen) atoms. The number of rotatable bonds is 4. The molecule has 3 rings (SSSR count). The number of nitrogens with two attached hydrogens (primary N) is 1. The van der Waals surface area contributed by atoms with Gasteiger partial charge in [-0.25, -0.2) is 18.2 Å². The summed E-state index contributed by atoms with van der Waals surface area (Å²) >= 11 is 0. The van der Waals surface area contributed by atoms with Crippen molar-refractivity contribution < 1.29 is 22.4 Å². The van der Waals surface area contributed by atoms with E-state index in [1.165, 1.54) is 17.2 Å². The molecule has 1 aromatic heterocycles. The fourth-order valence-electron chi connectivity index (χ4n) is 2.72. The minimum atomic E-state index is -1.15. The van der Waals surface area contributed by atoms with Gasteiger partial charge in [0, 0.05) is 19.5 Å². The second-order valence-corrected chi connectivity index (χ2v) is 5.42. The lowest BCUT2D eigenvalue weighted by atomic mass is 10.2. The van der Waals surface area contributed by atoms with Crippen molar-refractivity contribution in [1.29, 1.82) is 0 Å². The van der Waals surface area contributed by atoms with E-state index < -0.39 is 29.8 Å². The Balaban J connectivity index is 1.81. The van der Waals surface area contributed by atoms with Gasteiger partial charge in [-0.3, -0.25) is 9.69 Å². The first-order valence-electron chi connectivity index (χ1n) is 7.02. The number of primary amides is 1. The van der Waals surface area contributed by atoms with E-state index >= 15 is 0 Å². The Morgan fingerprint density at radius 1 is 1.39 bits per heavy atom. The average Bonchev–Trinajstić information content (AvgIpc) is 3.06. The first-order valence-corrected chi connectivity index (χ1v) is 7.02. The molecule has 1 fully saturated rings. The fourth-order valence-corrected chi connectivity index (χ4v) is 2.72. The summed E-state index contributed by atoms with van der Waals surface area (Å²) in [6.07, 6.45) is 0.107. The zero-order valence-electron chi connectivity index (χ0n) is 12.0. The Kier molecular flexibility index (Phi) is 4.08. The summed E-state index contributed by atoms with van der Waals surface area (Å²) in [7, 11) is 0. The molecule has 2 heterocycles. The van der Waals surface area contributed by atoms with E-state index in [0.29, 0.717) is 5.69 Å². The number of carbonyl (C=O) groups is 1. The summed E-state index contributed by atoms with van der Waals surface area (Å²) in [6.45, 7) is 0.150. The average molecular weight is 325 g/mol. The van der Waals surface area contributed by atoms with Crippen LogP contribution in [0.5, 0.6) is 0 Å². The van der Waals surface area contributed by atoms with Crippen molar-refractivity contribution in [1.82, 2.24) is 9.88 Å². The molecule has 1 amide bonds. The van der Waals surface area contributed by atoms with Gasteiger partial charge in [0.15, 0.2) is 0 Å².